The maximum absolute atomic E-state index is 12.1. The molecule has 3 rings (SSSR count). The van der Waals surface area contributed by atoms with E-state index in [1.807, 2.05) is 12.1 Å². The van der Waals surface area contributed by atoms with E-state index in [1.165, 1.54) is 18.2 Å². The fraction of sp³-hybridized carbons (Fsp3) is 0.600. The van der Waals surface area contributed by atoms with Gasteiger partial charge in [-0.25, -0.2) is 0 Å². The van der Waals surface area contributed by atoms with Crippen LogP contribution in [-0.4, -0.2) is 46.8 Å². The van der Waals surface area contributed by atoms with Gasteiger partial charge in [0.15, 0.2) is 0 Å². The van der Waals surface area contributed by atoms with Crippen molar-refractivity contribution in [2.24, 2.45) is 5.92 Å². The number of carbonyl (C=O) groups is 2. The van der Waals surface area contributed by atoms with Crippen molar-refractivity contribution in [1.29, 1.82) is 0 Å². The molecular weight excluding hydrogens is 288 g/mol. The third-order valence-electron chi connectivity index (χ3n) is 4.15. The maximum atomic E-state index is 12.1. The first-order valence-electron chi connectivity index (χ1n) is 7.29. The summed E-state index contributed by atoms with van der Waals surface area (Å²) in [5, 5.41) is -0.000226. The van der Waals surface area contributed by atoms with Gasteiger partial charge in [0.05, 0.1) is 6.54 Å². The third-order valence-corrected chi connectivity index (χ3v) is 5.04. The van der Waals surface area contributed by atoms with Crippen molar-refractivity contribution in [3.63, 3.8) is 0 Å². The van der Waals surface area contributed by atoms with Gasteiger partial charge in [-0.2, -0.15) is 0 Å². The Morgan fingerprint density at radius 1 is 1.52 bits per heavy atom. The van der Waals surface area contributed by atoms with Gasteiger partial charge in [0.1, 0.15) is 18.1 Å². The minimum absolute atomic E-state index is 0.000226. The fourth-order valence-corrected chi connectivity index (χ4v) is 3.40. The lowest BCUT2D eigenvalue weighted by molar-refractivity contribution is -0.131. The van der Waals surface area contributed by atoms with E-state index in [0.29, 0.717) is 24.9 Å². The van der Waals surface area contributed by atoms with Crippen LogP contribution in [0.4, 0.5) is 4.79 Å². The largest absolute Gasteiger partial charge is 0.464 e. The third kappa shape index (κ3) is 3.26. The van der Waals surface area contributed by atoms with Crippen LogP contribution in [0, 0.1) is 5.92 Å². The molecule has 2 fully saturated rings. The first kappa shape index (κ1) is 14.5. The Hall–Kier alpha value is -1.43. The van der Waals surface area contributed by atoms with Crippen LogP contribution in [-0.2, 0) is 11.3 Å². The summed E-state index contributed by atoms with van der Waals surface area (Å²) in [6.45, 7) is 3.49. The molecule has 1 saturated carbocycles. The molecule has 0 aromatic carbocycles. The summed E-state index contributed by atoms with van der Waals surface area (Å²) in [5.74, 6) is 3.83. The highest BCUT2D eigenvalue weighted by atomic mass is 32.2. The zero-order chi connectivity index (χ0) is 15.0. The lowest BCUT2D eigenvalue weighted by Gasteiger charge is -2.20. The highest BCUT2D eigenvalue weighted by Crippen LogP contribution is 2.47. The molecule has 0 bridgehead atoms. The van der Waals surface area contributed by atoms with E-state index in [4.69, 9.17) is 4.42 Å². The van der Waals surface area contributed by atoms with Crippen LogP contribution in [0.1, 0.15) is 30.8 Å². The van der Waals surface area contributed by atoms with Gasteiger partial charge in [0.2, 0.25) is 5.91 Å². The number of amides is 2. The van der Waals surface area contributed by atoms with E-state index in [9.17, 15) is 9.59 Å². The van der Waals surface area contributed by atoms with Crippen molar-refractivity contribution >= 4 is 22.9 Å². The van der Waals surface area contributed by atoms with Crippen molar-refractivity contribution in [3.8, 4) is 0 Å². The number of likely N-dealkylation sites (N-methyl/N-ethyl adjacent to an activating group) is 1. The Kier molecular flexibility index (Phi) is 3.97. The molecule has 0 N–H and O–H groups in total. The number of carbonyl (C=O) groups excluding carboxylic acids is 2. The van der Waals surface area contributed by atoms with Crippen molar-refractivity contribution in [1.82, 2.24) is 9.80 Å². The molecule has 2 amide bonds. The second-order valence-electron chi connectivity index (χ2n) is 5.91. The number of hydrogen-bond donors (Lipinski definition) is 0. The van der Waals surface area contributed by atoms with Crippen molar-refractivity contribution in [3.05, 3.63) is 23.7 Å². The Balaban J connectivity index is 1.53. The van der Waals surface area contributed by atoms with Gasteiger partial charge in [-0.1, -0.05) is 18.7 Å². The van der Waals surface area contributed by atoms with Crippen molar-refractivity contribution in [2.75, 3.05) is 25.9 Å². The smallest absolute Gasteiger partial charge is 0.282 e. The quantitative estimate of drug-likeness (QED) is 0.839. The van der Waals surface area contributed by atoms with E-state index in [2.05, 4.69) is 6.92 Å². The molecule has 6 heteroatoms. The summed E-state index contributed by atoms with van der Waals surface area (Å²) in [6.07, 6.45) is 1.19. The van der Waals surface area contributed by atoms with Crippen LogP contribution in [0.25, 0.3) is 0 Å². The van der Waals surface area contributed by atoms with Gasteiger partial charge in [-0.05, 0) is 24.5 Å². The molecule has 1 aromatic rings. The van der Waals surface area contributed by atoms with Crippen molar-refractivity contribution < 1.29 is 14.0 Å². The Morgan fingerprint density at radius 3 is 2.90 bits per heavy atom. The number of nitrogens with zero attached hydrogens (tertiary/aromatic N) is 2. The summed E-state index contributed by atoms with van der Waals surface area (Å²) in [4.78, 5) is 26.9. The molecule has 1 aliphatic carbocycles. The molecule has 114 valence electrons. The van der Waals surface area contributed by atoms with Crippen LogP contribution in [0.15, 0.2) is 16.5 Å². The van der Waals surface area contributed by atoms with Crippen LogP contribution in [0.5, 0.6) is 0 Å². The topological polar surface area (TPSA) is 53.8 Å². The molecule has 2 heterocycles. The van der Waals surface area contributed by atoms with Gasteiger partial charge < -0.3 is 14.2 Å². The average Bonchev–Trinajstić information content (AvgIpc) is 2.85. The lowest BCUT2D eigenvalue weighted by atomic mass is 10.3. The molecule has 1 aliphatic heterocycles. The second kappa shape index (κ2) is 5.75. The van der Waals surface area contributed by atoms with E-state index in [0.717, 1.165) is 17.3 Å². The predicted molar refractivity (Wildman–Crippen MR) is 81.1 cm³/mol. The van der Waals surface area contributed by atoms with E-state index in [-0.39, 0.29) is 17.7 Å². The zero-order valence-corrected chi connectivity index (χ0v) is 13.2. The standard InChI is InChI=1S/C15H20N2O3S/c1-10-7-12(10)13-4-3-11(20-13)8-16(2)14(18)9-17-5-6-21-15(17)19/h3-4,10,12H,5-9H2,1-2H3/t10-,12-/m1/s1. The van der Waals surface area contributed by atoms with Crippen LogP contribution in [0.3, 0.4) is 0 Å². The van der Waals surface area contributed by atoms with E-state index in [1.54, 1.807) is 16.8 Å². The number of hydrogen-bond acceptors (Lipinski definition) is 4. The van der Waals surface area contributed by atoms with Crippen molar-refractivity contribution in [2.45, 2.75) is 25.8 Å². The molecule has 0 unspecified atom stereocenters. The maximum Gasteiger partial charge on any atom is 0.282 e. The Morgan fingerprint density at radius 2 is 2.29 bits per heavy atom. The minimum Gasteiger partial charge on any atom is -0.464 e. The van der Waals surface area contributed by atoms with Gasteiger partial charge in [-0.15, -0.1) is 0 Å². The molecule has 2 aliphatic rings. The van der Waals surface area contributed by atoms with Crippen LogP contribution in [0.2, 0.25) is 0 Å². The molecular formula is C15H20N2O3S. The first-order chi connectivity index (χ1) is 10.0. The second-order valence-corrected chi connectivity index (χ2v) is 6.96. The highest BCUT2D eigenvalue weighted by Gasteiger charge is 2.36. The highest BCUT2D eigenvalue weighted by molar-refractivity contribution is 8.13. The summed E-state index contributed by atoms with van der Waals surface area (Å²) in [7, 11) is 1.75. The molecule has 21 heavy (non-hydrogen) atoms. The van der Waals surface area contributed by atoms with Gasteiger partial charge in [0.25, 0.3) is 5.24 Å². The lowest BCUT2D eigenvalue weighted by Crippen LogP contribution is -2.38. The summed E-state index contributed by atoms with van der Waals surface area (Å²) in [5.41, 5.74) is 0. The summed E-state index contributed by atoms with van der Waals surface area (Å²) in [6, 6.07) is 3.96. The number of furan rings is 1. The number of thioether (sulfide) groups is 1. The zero-order valence-electron chi connectivity index (χ0n) is 12.4. The molecule has 0 spiro atoms. The number of rotatable bonds is 5. The SMILES string of the molecule is C[C@@H]1C[C@H]1c1ccc(CN(C)C(=O)CN2CCSC2=O)o1. The predicted octanol–water partition coefficient (Wildman–Crippen LogP) is 2.53. The monoisotopic (exact) mass is 308 g/mol. The van der Waals surface area contributed by atoms with Crippen LogP contribution >= 0.6 is 11.8 Å². The average molecular weight is 308 g/mol. The van der Waals surface area contributed by atoms with E-state index >= 15 is 0 Å². The fourth-order valence-electron chi connectivity index (χ4n) is 2.57. The van der Waals surface area contributed by atoms with Crippen LogP contribution < -0.4 is 0 Å². The summed E-state index contributed by atoms with van der Waals surface area (Å²) < 4.78 is 5.81. The molecule has 1 aromatic heterocycles. The van der Waals surface area contributed by atoms with Gasteiger partial charge >= 0.3 is 0 Å². The molecule has 1 saturated heterocycles. The van der Waals surface area contributed by atoms with Gasteiger partial charge in [-0.3, -0.25) is 9.59 Å². The molecule has 5 nitrogen and oxygen atoms in total. The first-order valence-corrected chi connectivity index (χ1v) is 8.27. The normalized spacial score (nSPS) is 24.5. The molecule has 0 radical (unpaired) electrons. The Bertz CT molecular complexity index is 557. The minimum atomic E-state index is -0.0522. The Labute approximate surface area is 128 Å². The van der Waals surface area contributed by atoms with E-state index < -0.39 is 0 Å². The van der Waals surface area contributed by atoms with Gasteiger partial charge in [0, 0.05) is 25.3 Å². The summed E-state index contributed by atoms with van der Waals surface area (Å²) >= 11 is 1.27. The molecule has 2 atom stereocenters.